The zero-order chi connectivity index (χ0) is 17.6. The van der Waals surface area contributed by atoms with Gasteiger partial charge in [0.25, 0.3) is 5.91 Å². The molecule has 1 aromatic heterocycles. The molecule has 1 heterocycles. The number of fused-ring (bicyclic) bond motifs is 1. The third kappa shape index (κ3) is 3.71. The highest BCUT2D eigenvalue weighted by Crippen LogP contribution is 2.30. The molecule has 1 N–H and O–H groups in total. The lowest BCUT2D eigenvalue weighted by molar-refractivity contribution is 0.102. The molecule has 0 radical (unpaired) electrons. The largest absolute Gasteiger partial charge is 0.497 e. The first kappa shape index (κ1) is 16.8. The van der Waals surface area contributed by atoms with Crippen LogP contribution >= 0.6 is 0 Å². The number of anilines is 1. The molecule has 1 amide bonds. The summed E-state index contributed by atoms with van der Waals surface area (Å²) in [6.07, 6.45) is 2.64. The molecule has 0 saturated carbocycles. The highest BCUT2D eigenvalue weighted by atomic mass is 16.5. The van der Waals surface area contributed by atoms with Crippen LogP contribution in [0.25, 0.3) is 10.9 Å². The van der Waals surface area contributed by atoms with Crippen LogP contribution in [0.4, 0.5) is 5.69 Å². The molecule has 0 fully saturated rings. The van der Waals surface area contributed by atoms with E-state index in [4.69, 9.17) is 9.47 Å². The summed E-state index contributed by atoms with van der Waals surface area (Å²) in [7, 11) is 1.59. The molecule has 0 saturated heterocycles. The van der Waals surface area contributed by atoms with Crippen molar-refractivity contribution in [2.45, 2.75) is 13.3 Å². The van der Waals surface area contributed by atoms with E-state index in [1.165, 1.54) is 0 Å². The summed E-state index contributed by atoms with van der Waals surface area (Å²) in [5.41, 5.74) is 2.00. The Labute approximate surface area is 146 Å². The molecular weight excluding hydrogens is 316 g/mol. The van der Waals surface area contributed by atoms with Gasteiger partial charge in [0, 0.05) is 17.1 Å². The number of hydrogen-bond acceptors (Lipinski definition) is 4. The van der Waals surface area contributed by atoms with Crippen LogP contribution < -0.4 is 14.8 Å². The topological polar surface area (TPSA) is 60.5 Å². The zero-order valence-electron chi connectivity index (χ0n) is 14.3. The fourth-order valence-electron chi connectivity index (χ4n) is 2.52. The molecule has 0 aliphatic rings. The van der Waals surface area contributed by atoms with Crippen molar-refractivity contribution in [2.75, 3.05) is 19.0 Å². The first-order valence-electron chi connectivity index (χ1n) is 8.19. The average molecular weight is 336 g/mol. The Kier molecular flexibility index (Phi) is 5.14. The van der Waals surface area contributed by atoms with Crippen molar-refractivity contribution in [1.82, 2.24) is 4.98 Å². The number of methoxy groups -OCH3 is 1. The smallest absolute Gasteiger partial charge is 0.255 e. The maximum Gasteiger partial charge on any atom is 0.255 e. The average Bonchev–Trinajstić information content (AvgIpc) is 2.67. The van der Waals surface area contributed by atoms with Crippen molar-refractivity contribution in [3.63, 3.8) is 0 Å². The van der Waals surface area contributed by atoms with Gasteiger partial charge in [-0.2, -0.15) is 0 Å². The molecule has 0 bridgehead atoms. The number of benzene rings is 2. The predicted molar refractivity (Wildman–Crippen MR) is 98.5 cm³/mol. The molecule has 128 valence electrons. The quantitative estimate of drug-likeness (QED) is 0.730. The second kappa shape index (κ2) is 7.66. The first-order chi connectivity index (χ1) is 12.2. The summed E-state index contributed by atoms with van der Waals surface area (Å²) in [5.74, 6) is 1.25. The number of carbonyl (C=O) groups is 1. The Bertz CT molecular complexity index is 876. The molecule has 0 atom stereocenters. The third-order valence-corrected chi connectivity index (χ3v) is 3.79. The van der Waals surface area contributed by atoms with E-state index in [9.17, 15) is 4.79 Å². The lowest BCUT2D eigenvalue weighted by atomic mass is 10.1. The third-order valence-electron chi connectivity index (χ3n) is 3.79. The number of carbonyl (C=O) groups excluding carboxylic acids is 1. The molecule has 0 aliphatic carbocycles. The van der Waals surface area contributed by atoms with E-state index in [-0.39, 0.29) is 5.91 Å². The minimum atomic E-state index is -0.185. The maximum absolute atomic E-state index is 12.5. The monoisotopic (exact) mass is 336 g/mol. The Hall–Kier alpha value is -3.08. The number of amides is 1. The lowest BCUT2D eigenvalue weighted by Gasteiger charge is -2.12. The number of ether oxygens (including phenoxy) is 2. The minimum Gasteiger partial charge on any atom is -0.497 e. The van der Waals surface area contributed by atoms with Crippen molar-refractivity contribution in [3.8, 4) is 11.5 Å². The van der Waals surface area contributed by atoms with Crippen LogP contribution in [0.1, 0.15) is 23.7 Å². The molecule has 2 aromatic carbocycles. The van der Waals surface area contributed by atoms with Crippen molar-refractivity contribution < 1.29 is 14.3 Å². The van der Waals surface area contributed by atoms with Gasteiger partial charge in [-0.3, -0.25) is 9.78 Å². The van der Waals surface area contributed by atoms with Crippen molar-refractivity contribution in [3.05, 3.63) is 60.3 Å². The van der Waals surface area contributed by atoms with Gasteiger partial charge in [-0.1, -0.05) is 6.92 Å². The van der Waals surface area contributed by atoms with Crippen LogP contribution in [0, 0.1) is 0 Å². The van der Waals surface area contributed by atoms with Gasteiger partial charge < -0.3 is 14.8 Å². The van der Waals surface area contributed by atoms with E-state index >= 15 is 0 Å². The molecule has 3 aromatic rings. The fourth-order valence-corrected chi connectivity index (χ4v) is 2.52. The van der Waals surface area contributed by atoms with Gasteiger partial charge in [0.15, 0.2) is 0 Å². The highest BCUT2D eigenvalue weighted by Gasteiger charge is 2.12. The van der Waals surface area contributed by atoms with E-state index < -0.39 is 0 Å². The van der Waals surface area contributed by atoms with Crippen LogP contribution in [0.5, 0.6) is 11.5 Å². The maximum atomic E-state index is 12.5. The highest BCUT2D eigenvalue weighted by molar-refractivity contribution is 6.09. The molecule has 0 unspecified atom stereocenters. The molecular formula is C20H20N2O3. The zero-order valence-corrected chi connectivity index (χ0v) is 14.3. The van der Waals surface area contributed by atoms with E-state index in [0.717, 1.165) is 23.1 Å². The van der Waals surface area contributed by atoms with Gasteiger partial charge in [-0.15, -0.1) is 0 Å². The van der Waals surface area contributed by atoms with Crippen LogP contribution in [0.3, 0.4) is 0 Å². The number of pyridine rings is 1. The fraction of sp³-hybridized carbons (Fsp3) is 0.200. The summed E-state index contributed by atoms with van der Waals surface area (Å²) in [4.78, 5) is 16.9. The lowest BCUT2D eigenvalue weighted by Crippen LogP contribution is -2.12. The van der Waals surface area contributed by atoms with Gasteiger partial charge in [0.1, 0.15) is 17.0 Å². The van der Waals surface area contributed by atoms with Gasteiger partial charge in [0.05, 0.1) is 19.4 Å². The second-order valence-electron chi connectivity index (χ2n) is 5.54. The number of nitrogens with one attached hydrogen (secondary N) is 1. The molecule has 0 spiro atoms. The molecule has 5 heteroatoms. The Morgan fingerprint density at radius 2 is 1.92 bits per heavy atom. The summed E-state index contributed by atoms with van der Waals surface area (Å²) in [6.45, 7) is 2.68. The Morgan fingerprint density at radius 1 is 1.12 bits per heavy atom. The Morgan fingerprint density at radius 3 is 2.64 bits per heavy atom. The minimum absolute atomic E-state index is 0.185. The summed E-state index contributed by atoms with van der Waals surface area (Å²) in [6, 6.07) is 14.4. The van der Waals surface area contributed by atoms with E-state index in [0.29, 0.717) is 23.6 Å². The summed E-state index contributed by atoms with van der Waals surface area (Å²) >= 11 is 0. The summed E-state index contributed by atoms with van der Waals surface area (Å²) < 4.78 is 10.9. The second-order valence-corrected chi connectivity index (χ2v) is 5.54. The number of nitrogens with zero attached hydrogens (tertiary/aromatic N) is 1. The molecule has 5 nitrogen and oxygen atoms in total. The van der Waals surface area contributed by atoms with Crippen molar-refractivity contribution in [2.24, 2.45) is 0 Å². The van der Waals surface area contributed by atoms with Crippen LogP contribution in [-0.4, -0.2) is 24.6 Å². The van der Waals surface area contributed by atoms with Gasteiger partial charge in [0.2, 0.25) is 0 Å². The molecule has 3 rings (SSSR count). The molecule has 0 aliphatic heterocycles. The van der Waals surface area contributed by atoms with Crippen molar-refractivity contribution >= 4 is 22.5 Å². The van der Waals surface area contributed by atoms with Gasteiger partial charge in [-0.25, -0.2) is 0 Å². The standard InChI is InChI=1S/C20H20N2O3/c1-3-13-25-18-11-10-17(16-5-4-12-21-19(16)18)22-20(23)14-6-8-15(24-2)9-7-14/h4-12H,3,13H2,1-2H3,(H,22,23). The van der Waals surface area contributed by atoms with Crippen molar-refractivity contribution in [1.29, 1.82) is 0 Å². The van der Waals surface area contributed by atoms with Crippen LogP contribution in [-0.2, 0) is 0 Å². The SMILES string of the molecule is CCCOc1ccc(NC(=O)c2ccc(OC)cc2)c2cccnc12. The van der Waals surface area contributed by atoms with Gasteiger partial charge in [-0.05, 0) is 55.0 Å². The van der Waals surface area contributed by atoms with Crippen LogP contribution in [0.2, 0.25) is 0 Å². The van der Waals surface area contributed by atoms with Crippen LogP contribution in [0.15, 0.2) is 54.7 Å². The first-order valence-corrected chi connectivity index (χ1v) is 8.19. The number of aromatic nitrogens is 1. The normalized spacial score (nSPS) is 10.5. The Balaban J connectivity index is 1.89. The van der Waals surface area contributed by atoms with E-state index in [2.05, 4.69) is 17.2 Å². The number of hydrogen-bond donors (Lipinski definition) is 1. The number of rotatable bonds is 6. The van der Waals surface area contributed by atoms with Gasteiger partial charge >= 0.3 is 0 Å². The molecule has 25 heavy (non-hydrogen) atoms. The predicted octanol–water partition coefficient (Wildman–Crippen LogP) is 4.28. The van der Waals surface area contributed by atoms with E-state index in [1.54, 1.807) is 37.6 Å². The summed E-state index contributed by atoms with van der Waals surface area (Å²) in [5, 5.41) is 3.79. The van der Waals surface area contributed by atoms with E-state index in [1.807, 2.05) is 24.3 Å².